The van der Waals surface area contributed by atoms with Crippen LogP contribution in [-0.2, 0) is 6.54 Å². The van der Waals surface area contributed by atoms with Crippen molar-refractivity contribution in [3.8, 4) is 5.75 Å². The second kappa shape index (κ2) is 7.73. The van der Waals surface area contributed by atoms with Gasteiger partial charge in [0, 0.05) is 18.0 Å². The molecule has 0 aliphatic carbocycles. The predicted molar refractivity (Wildman–Crippen MR) is 81.6 cm³/mol. The Balaban J connectivity index is 1.65. The summed E-state index contributed by atoms with van der Waals surface area (Å²) in [5, 5.41) is 12.9. The van der Waals surface area contributed by atoms with Gasteiger partial charge in [-0.3, -0.25) is 0 Å². The SMILES string of the molecule is OC(CNCc1ccc(Br)s1)COc1ccc(F)cc1. The van der Waals surface area contributed by atoms with Gasteiger partial charge < -0.3 is 15.2 Å². The fourth-order valence-corrected chi connectivity index (χ4v) is 3.04. The molecule has 2 rings (SSSR count). The Hall–Kier alpha value is -0.950. The summed E-state index contributed by atoms with van der Waals surface area (Å²) >= 11 is 5.06. The Morgan fingerprint density at radius 3 is 2.65 bits per heavy atom. The van der Waals surface area contributed by atoms with Gasteiger partial charge in [0.1, 0.15) is 24.3 Å². The maximum atomic E-state index is 12.7. The molecule has 0 bridgehead atoms. The number of rotatable bonds is 7. The molecule has 1 atom stereocenters. The molecule has 1 heterocycles. The lowest BCUT2D eigenvalue weighted by Gasteiger charge is -2.13. The second-order valence-electron chi connectivity index (χ2n) is 4.26. The molecule has 20 heavy (non-hydrogen) atoms. The van der Waals surface area contributed by atoms with Crippen LogP contribution >= 0.6 is 27.3 Å². The molecule has 0 fully saturated rings. The van der Waals surface area contributed by atoms with Gasteiger partial charge in [-0.15, -0.1) is 11.3 Å². The smallest absolute Gasteiger partial charge is 0.123 e. The lowest BCUT2D eigenvalue weighted by atomic mass is 10.3. The van der Waals surface area contributed by atoms with E-state index in [0.29, 0.717) is 18.8 Å². The summed E-state index contributed by atoms with van der Waals surface area (Å²) in [4.78, 5) is 1.20. The van der Waals surface area contributed by atoms with Crippen molar-refractivity contribution >= 4 is 27.3 Å². The quantitative estimate of drug-likeness (QED) is 0.797. The molecule has 3 nitrogen and oxygen atoms in total. The van der Waals surface area contributed by atoms with Gasteiger partial charge in [-0.25, -0.2) is 4.39 Å². The van der Waals surface area contributed by atoms with Crippen molar-refractivity contribution in [2.24, 2.45) is 0 Å². The van der Waals surface area contributed by atoms with Crippen molar-refractivity contribution in [2.45, 2.75) is 12.6 Å². The van der Waals surface area contributed by atoms with Crippen LogP contribution in [0.25, 0.3) is 0 Å². The van der Waals surface area contributed by atoms with Gasteiger partial charge in [-0.1, -0.05) is 0 Å². The Kier molecular flexibility index (Phi) is 5.97. The summed E-state index contributed by atoms with van der Waals surface area (Å²) in [6.45, 7) is 1.33. The maximum Gasteiger partial charge on any atom is 0.123 e. The van der Waals surface area contributed by atoms with E-state index in [1.54, 1.807) is 23.5 Å². The monoisotopic (exact) mass is 359 g/mol. The topological polar surface area (TPSA) is 41.5 Å². The molecule has 0 amide bonds. The summed E-state index contributed by atoms with van der Waals surface area (Å²) in [5.74, 6) is 0.245. The Morgan fingerprint density at radius 2 is 2.00 bits per heavy atom. The molecule has 1 unspecified atom stereocenters. The van der Waals surface area contributed by atoms with Gasteiger partial charge >= 0.3 is 0 Å². The number of benzene rings is 1. The molecule has 2 aromatic rings. The zero-order chi connectivity index (χ0) is 14.4. The third kappa shape index (κ3) is 5.20. The van der Waals surface area contributed by atoms with E-state index in [1.807, 2.05) is 12.1 Å². The summed E-state index contributed by atoms with van der Waals surface area (Å²) < 4.78 is 19.2. The van der Waals surface area contributed by atoms with Crippen LogP contribution in [0.1, 0.15) is 4.88 Å². The van der Waals surface area contributed by atoms with Gasteiger partial charge in [-0.2, -0.15) is 0 Å². The number of aliphatic hydroxyl groups is 1. The molecule has 1 aromatic heterocycles. The number of hydrogen-bond donors (Lipinski definition) is 2. The number of hydrogen-bond acceptors (Lipinski definition) is 4. The number of halogens is 2. The molecule has 2 N–H and O–H groups in total. The van der Waals surface area contributed by atoms with Crippen molar-refractivity contribution in [3.63, 3.8) is 0 Å². The zero-order valence-corrected chi connectivity index (χ0v) is 13.1. The highest BCUT2D eigenvalue weighted by atomic mass is 79.9. The third-order valence-corrected chi connectivity index (χ3v) is 4.19. The zero-order valence-electron chi connectivity index (χ0n) is 10.7. The largest absolute Gasteiger partial charge is 0.491 e. The van der Waals surface area contributed by atoms with Gasteiger partial charge in [-0.05, 0) is 52.3 Å². The average Bonchev–Trinajstić information content (AvgIpc) is 2.84. The molecule has 0 radical (unpaired) electrons. The van der Waals surface area contributed by atoms with E-state index < -0.39 is 6.10 Å². The molecule has 0 saturated heterocycles. The Morgan fingerprint density at radius 1 is 1.25 bits per heavy atom. The molecule has 0 spiro atoms. The van der Waals surface area contributed by atoms with Crippen LogP contribution in [0.2, 0.25) is 0 Å². The lowest BCUT2D eigenvalue weighted by molar-refractivity contribution is 0.106. The lowest BCUT2D eigenvalue weighted by Crippen LogP contribution is -2.30. The van der Waals surface area contributed by atoms with E-state index in [2.05, 4.69) is 21.2 Å². The molecule has 0 aliphatic heterocycles. The minimum absolute atomic E-state index is 0.173. The molecule has 1 aromatic carbocycles. The Labute approximate surface area is 129 Å². The van der Waals surface area contributed by atoms with Gasteiger partial charge in [0.05, 0.1) is 3.79 Å². The van der Waals surface area contributed by atoms with Crippen LogP contribution in [0, 0.1) is 5.82 Å². The van der Waals surface area contributed by atoms with Crippen molar-refractivity contribution in [1.82, 2.24) is 5.32 Å². The van der Waals surface area contributed by atoms with Crippen LogP contribution in [0.3, 0.4) is 0 Å². The van der Waals surface area contributed by atoms with Crippen LogP contribution in [0.4, 0.5) is 4.39 Å². The van der Waals surface area contributed by atoms with Crippen LogP contribution in [-0.4, -0.2) is 24.4 Å². The molecule has 0 aliphatic rings. The molecule has 108 valence electrons. The van der Waals surface area contributed by atoms with Crippen LogP contribution < -0.4 is 10.1 Å². The first-order chi connectivity index (χ1) is 9.63. The van der Waals surface area contributed by atoms with Crippen molar-refractivity contribution in [3.05, 3.63) is 50.9 Å². The van der Waals surface area contributed by atoms with Gasteiger partial charge in [0.15, 0.2) is 0 Å². The van der Waals surface area contributed by atoms with E-state index in [4.69, 9.17) is 4.74 Å². The summed E-state index contributed by atoms with van der Waals surface area (Å²) in [7, 11) is 0. The fourth-order valence-electron chi connectivity index (χ4n) is 1.59. The van der Waals surface area contributed by atoms with Crippen LogP contribution in [0.5, 0.6) is 5.75 Å². The number of ether oxygens (including phenoxy) is 1. The summed E-state index contributed by atoms with van der Waals surface area (Å²) in [6, 6.07) is 9.76. The maximum absolute atomic E-state index is 12.7. The van der Waals surface area contributed by atoms with Gasteiger partial charge in [0.25, 0.3) is 0 Å². The average molecular weight is 360 g/mol. The Bertz CT molecular complexity index is 532. The van der Waals surface area contributed by atoms with E-state index in [9.17, 15) is 9.50 Å². The van der Waals surface area contributed by atoms with E-state index in [-0.39, 0.29) is 12.4 Å². The highest BCUT2D eigenvalue weighted by Gasteiger charge is 2.06. The fraction of sp³-hybridized carbons (Fsp3) is 0.286. The van der Waals surface area contributed by atoms with Gasteiger partial charge in [0.2, 0.25) is 0 Å². The number of thiophene rings is 1. The second-order valence-corrected chi connectivity index (χ2v) is 6.80. The summed E-state index contributed by atoms with van der Waals surface area (Å²) in [6.07, 6.45) is -0.608. The number of aliphatic hydroxyl groups excluding tert-OH is 1. The minimum atomic E-state index is -0.608. The molecular formula is C14H15BrFNO2S. The van der Waals surface area contributed by atoms with E-state index in [0.717, 1.165) is 3.79 Å². The summed E-state index contributed by atoms with van der Waals surface area (Å²) in [5.41, 5.74) is 0. The van der Waals surface area contributed by atoms with Crippen molar-refractivity contribution < 1.29 is 14.2 Å². The third-order valence-electron chi connectivity index (χ3n) is 2.56. The molecular weight excluding hydrogens is 345 g/mol. The van der Waals surface area contributed by atoms with Crippen molar-refractivity contribution in [1.29, 1.82) is 0 Å². The highest BCUT2D eigenvalue weighted by Crippen LogP contribution is 2.21. The predicted octanol–water partition coefficient (Wildman–Crippen LogP) is 3.18. The van der Waals surface area contributed by atoms with E-state index in [1.165, 1.54) is 17.0 Å². The first-order valence-corrected chi connectivity index (χ1v) is 7.76. The number of nitrogens with one attached hydrogen (secondary N) is 1. The first-order valence-electron chi connectivity index (χ1n) is 6.15. The van der Waals surface area contributed by atoms with E-state index >= 15 is 0 Å². The standard InChI is InChI=1S/C14H15BrFNO2S/c15-14-6-5-13(20-14)8-17-7-11(18)9-19-12-3-1-10(16)2-4-12/h1-6,11,17-18H,7-9H2. The molecule has 6 heteroatoms. The highest BCUT2D eigenvalue weighted by molar-refractivity contribution is 9.11. The van der Waals surface area contributed by atoms with Crippen LogP contribution in [0.15, 0.2) is 40.2 Å². The first kappa shape index (κ1) is 15.4. The van der Waals surface area contributed by atoms with Crippen molar-refractivity contribution in [2.75, 3.05) is 13.2 Å². The normalized spacial score (nSPS) is 12.3. The molecule has 0 saturated carbocycles. The minimum Gasteiger partial charge on any atom is -0.491 e.